The van der Waals surface area contributed by atoms with Crippen molar-refractivity contribution in [2.45, 2.75) is 13.3 Å². The third-order valence-electron chi connectivity index (χ3n) is 4.04. The van der Waals surface area contributed by atoms with Crippen LogP contribution in [0.15, 0.2) is 48.5 Å². The van der Waals surface area contributed by atoms with Gasteiger partial charge in [-0.3, -0.25) is 9.59 Å². The van der Waals surface area contributed by atoms with Crippen LogP contribution in [0.4, 0.5) is 5.69 Å². The zero-order chi connectivity index (χ0) is 20.4. The van der Waals surface area contributed by atoms with Crippen LogP contribution in [0.25, 0.3) is 0 Å². The fourth-order valence-corrected chi connectivity index (χ4v) is 2.46. The monoisotopic (exact) mass is 381 g/mol. The molecular formula is C21H23N3O4. The number of anilines is 1. The molecule has 0 saturated heterocycles. The number of methoxy groups -OCH3 is 1. The van der Waals surface area contributed by atoms with Gasteiger partial charge < -0.3 is 19.7 Å². The van der Waals surface area contributed by atoms with Crippen LogP contribution < -0.4 is 14.8 Å². The van der Waals surface area contributed by atoms with Crippen LogP contribution in [0.2, 0.25) is 0 Å². The Labute approximate surface area is 164 Å². The van der Waals surface area contributed by atoms with E-state index in [4.69, 9.17) is 14.7 Å². The van der Waals surface area contributed by atoms with Crippen LogP contribution in [0.1, 0.15) is 18.9 Å². The van der Waals surface area contributed by atoms with E-state index in [0.717, 1.165) is 5.75 Å². The number of hydrogen-bond donors (Lipinski definition) is 1. The number of nitrogens with zero attached hydrogens (tertiary/aromatic N) is 2. The van der Waals surface area contributed by atoms with Crippen molar-refractivity contribution >= 4 is 17.5 Å². The molecule has 0 fully saturated rings. The molecular weight excluding hydrogens is 358 g/mol. The zero-order valence-corrected chi connectivity index (χ0v) is 16.0. The minimum Gasteiger partial charge on any atom is -0.497 e. The molecule has 0 bridgehead atoms. The standard InChI is InChI=1S/C21H23N3O4/c1-16(25)24(13-14-28-20-9-7-19(27-2)8-10-20)12-11-21(26)23-18-5-3-17(15-22)4-6-18/h3-10H,11-14H2,1-2H3,(H,23,26). The number of hydrogen-bond acceptors (Lipinski definition) is 5. The van der Waals surface area contributed by atoms with Gasteiger partial charge in [-0.25, -0.2) is 0 Å². The van der Waals surface area contributed by atoms with Gasteiger partial charge in [0.1, 0.15) is 18.1 Å². The van der Waals surface area contributed by atoms with Gasteiger partial charge in [0.05, 0.1) is 25.3 Å². The fourth-order valence-electron chi connectivity index (χ4n) is 2.46. The molecule has 146 valence electrons. The number of nitriles is 1. The van der Waals surface area contributed by atoms with E-state index in [2.05, 4.69) is 5.32 Å². The van der Waals surface area contributed by atoms with E-state index in [9.17, 15) is 9.59 Å². The van der Waals surface area contributed by atoms with Gasteiger partial charge in [-0.2, -0.15) is 5.26 Å². The van der Waals surface area contributed by atoms with Gasteiger partial charge in [-0.05, 0) is 48.5 Å². The van der Waals surface area contributed by atoms with Crippen LogP contribution in [-0.4, -0.2) is 43.5 Å². The molecule has 0 heterocycles. The molecule has 0 unspecified atom stereocenters. The van der Waals surface area contributed by atoms with E-state index in [1.807, 2.05) is 6.07 Å². The van der Waals surface area contributed by atoms with Crippen molar-refractivity contribution in [3.8, 4) is 17.6 Å². The first kappa shape index (κ1) is 20.8. The van der Waals surface area contributed by atoms with Gasteiger partial charge in [0, 0.05) is 25.6 Å². The summed E-state index contributed by atoms with van der Waals surface area (Å²) in [7, 11) is 1.60. The Kier molecular flexibility index (Phi) is 7.85. The average molecular weight is 381 g/mol. The molecule has 0 aliphatic rings. The molecule has 0 aliphatic carbocycles. The zero-order valence-electron chi connectivity index (χ0n) is 16.0. The van der Waals surface area contributed by atoms with Crippen LogP contribution in [0, 0.1) is 11.3 Å². The third kappa shape index (κ3) is 6.65. The number of benzene rings is 2. The molecule has 7 heteroatoms. The first-order valence-electron chi connectivity index (χ1n) is 8.84. The van der Waals surface area contributed by atoms with Gasteiger partial charge in [0.25, 0.3) is 0 Å². The summed E-state index contributed by atoms with van der Waals surface area (Å²) >= 11 is 0. The first-order valence-corrected chi connectivity index (χ1v) is 8.84. The minimum absolute atomic E-state index is 0.121. The van der Waals surface area contributed by atoms with E-state index < -0.39 is 0 Å². The normalized spacial score (nSPS) is 9.89. The summed E-state index contributed by atoms with van der Waals surface area (Å²) in [5.74, 6) is 1.10. The van der Waals surface area contributed by atoms with Gasteiger partial charge in [0.2, 0.25) is 11.8 Å². The second-order valence-electron chi connectivity index (χ2n) is 6.02. The molecule has 7 nitrogen and oxygen atoms in total. The molecule has 2 amide bonds. The Morgan fingerprint density at radius 2 is 1.68 bits per heavy atom. The van der Waals surface area contributed by atoms with Crippen molar-refractivity contribution in [2.24, 2.45) is 0 Å². The lowest BCUT2D eigenvalue weighted by atomic mass is 10.2. The number of rotatable bonds is 9. The summed E-state index contributed by atoms with van der Waals surface area (Å²) in [6.45, 7) is 2.46. The fraction of sp³-hybridized carbons (Fsp3) is 0.286. The SMILES string of the molecule is COc1ccc(OCCN(CCC(=O)Nc2ccc(C#N)cc2)C(C)=O)cc1. The molecule has 0 aliphatic heterocycles. The summed E-state index contributed by atoms with van der Waals surface area (Å²) in [5.41, 5.74) is 1.14. The van der Waals surface area contributed by atoms with Crippen LogP contribution in [0.3, 0.4) is 0 Å². The second kappa shape index (κ2) is 10.6. The summed E-state index contributed by atoms with van der Waals surface area (Å²) < 4.78 is 10.7. The van der Waals surface area contributed by atoms with Crippen molar-refractivity contribution in [3.63, 3.8) is 0 Å². The lowest BCUT2D eigenvalue weighted by Gasteiger charge is -2.21. The van der Waals surface area contributed by atoms with Crippen molar-refractivity contribution in [1.29, 1.82) is 5.26 Å². The second-order valence-corrected chi connectivity index (χ2v) is 6.02. The maximum absolute atomic E-state index is 12.1. The molecule has 0 aromatic heterocycles. The highest BCUT2D eigenvalue weighted by atomic mass is 16.5. The maximum atomic E-state index is 12.1. The average Bonchev–Trinajstić information content (AvgIpc) is 2.71. The van der Waals surface area contributed by atoms with Crippen molar-refractivity contribution in [2.75, 3.05) is 32.1 Å². The maximum Gasteiger partial charge on any atom is 0.226 e. The highest BCUT2D eigenvalue weighted by Crippen LogP contribution is 2.17. The molecule has 2 aromatic carbocycles. The smallest absolute Gasteiger partial charge is 0.226 e. The highest BCUT2D eigenvalue weighted by molar-refractivity contribution is 5.91. The largest absolute Gasteiger partial charge is 0.497 e. The summed E-state index contributed by atoms with van der Waals surface area (Å²) in [6, 6.07) is 15.8. The first-order chi connectivity index (χ1) is 13.5. The van der Waals surface area contributed by atoms with Crippen molar-refractivity contribution < 1.29 is 19.1 Å². The third-order valence-corrected chi connectivity index (χ3v) is 4.04. The topological polar surface area (TPSA) is 91.7 Å². The van der Waals surface area contributed by atoms with E-state index in [0.29, 0.717) is 36.7 Å². The molecule has 28 heavy (non-hydrogen) atoms. The lowest BCUT2D eigenvalue weighted by molar-refractivity contribution is -0.129. The molecule has 1 N–H and O–H groups in total. The van der Waals surface area contributed by atoms with Crippen LogP contribution in [-0.2, 0) is 9.59 Å². The summed E-state index contributed by atoms with van der Waals surface area (Å²) in [4.78, 5) is 25.5. The van der Waals surface area contributed by atoms with Gasteiger partial charge in [-0.15, -0.1) is 0 Å². The van der Waals surface area contributed by atoms with Crippen molar-refractivity contribution in [3.05, 3.63) is 54.1 Å². The Morgan fingerprint density at radius 3 is 2.25 bits per heavy atom. The Balaban J connectivity index is 1.77. The summed E-state index contributed by atoms with van der Waals surface area (Å²) in [6.07, 6.45) is 0.169. The minimum atomic E-state index is -0.202. The molecule has 2 rings (SSSR count). The van der Waals surface area contributed by atoms with E-state index in [1.54, 1.807) is 60.5 Å². The number of carbonyl (C=O) groups is 2. The quantitative estimate of drug-likeness (QED) is 0.721. The predicted molar refractivity (Wildman–Crippen MR) is 105 cm³/mol. The molecule has 0 spiro atoms. The molecule has 0 radical (unpaired) electrons. The highest BCUT2D eigenvalue weighted by Gasteiger charge is 2.12. The lowest BCUT2D eigenvalue weighted by Crippen LogP contribution is -2.35. The van der Waals surface area contributed by atoms with E-state index >= 15 is 0 Å². The van der Waals surface area contributed by atoms with Gasteiger partial charge >= 0.3 is 0 Å². The Hall–Kier alpha value is -3.53. The summed E-state index contributed by atoms with van der Waals surface area (Å²) in [5, 5.41) is 11.5. The number of ether oxygens (including phenoxy) is 2. The Morgan fingerprint density at radius 1 is 1.04 bits per heavy atom. The van der Waals surface area contributed by atoms with Crippen LogP contribution >= 0.6 is 0 Å². The number of carbonyl (C=O) groups excluding carboxylic acids is 2. The van der Waals surface area contributed by atoms with E-state index in [1.165, 1.54) is 6.92 Å². The molecule has 0 atom stereocenters. The molecule has 0 saturated carbocycles. The Bertz CT molecular complexity index is 826. The number of nitrogens with one attached hydrogen (secondary N) is 1. The molecule has 2 aromatic rings. The van der Waals surface area contributed by atoms with Crippen molar-refractivity contribution in [1.82, 2.24) is 4.90 Å². The van der Waals surface area contributed by atoms with E-state index in [-0.39, 0.29) is 18.2 Å². The van der Waals surface area contributed by atoms with Crippen LogP contribution in [0.5, 0.6) is 11.5 Å². The number of amides is 2. The predicted octanol–water partition coefficient (Wildman–Crippen LogP) is 2.82. The van der Waals surface area contributed by atoms with Gasteiger partial charge in [0.15, 0.2) is 0 Å². The van der Waals surface area contributed by atoms with Gasteiger partial charge in [-0.1, -0.05) is 0 Å².